The average molecular weight is 530 g/mol. The smallest absolute Gasteiger partial charge is 0.240 e. The van der Waals surface area contributed by atoms with Gasteiger partial charge in [-0.2, -0.15) is 10.5 Å². The van der Waals surface area contributed by atoms with E-state index in [9.17, 15) is 0 Å². The summed E-state index contributed by atoms with van der Waals surface area (Å²) in [7, 11) is 1.54. The minimum atomic E-state index is 0.407. The summed E-state index contributed by atoms with van der Waals surface area (Å²) in [5.41, 5.74) is 3.91. The number of nitrogens with one attached hydrogen (secondary N) is 1. The van der Waals surface area contributed by atoms with Gasteiger partial charge in [0.2, 0.25) is 11.6 Å². The third-order valence-electron chi connectivity index (χ3n) is 5.34. The molecule has 0 unspecified atom stereocenters. The molecule has 0 fully saturated rings. The van der Waals surface area contributed by atoms with Crippen LogP contribution in [0.3, 0.4) is 0 Å². The minimum absolute atomic E-state index is 0.407. The molecular weight excluding hydrogens is 510 g/mol. The summed E-state index contributed by atoms with van der Waals surface area (Å²) in [5.74, 6) is 1.93. The fourth-order valence-corrected chi connectivity index (χ4v) is 3.55. The standard InChI is InChI=1S/C14H10N6O.C12H9N7/c1-21-12-7-10(9-15)6-11(8-12)20-18-14(17-19-20)13-4-2-3-5-16-13;1-8-4-9(7-13)6-10(5-8)19-17-12(16-18-19)11-14-2-3-15-11/h2-8H,1H3;2-6H,1H3,(H,14,15). The van der Waals surface area contributed by atoms with E-state index in [-0.39, 0.29) is 0 Å². The number of aryl methyl sites for hydroxylation is 1. The van der Waals surface area contributed by atoms with Crippen LogP contribution in [0.15, 0.2) is 73.2 Å². The van der Waals surface area contributed by atoms with Gasteiger partial charge in [-0.25, -0.2) is 4.98 Å². The number of aromatic amines is 1. The van der Waals surface area contributed by atoms with Gasteiger partial charge in [-0.3, -0.25) is 4.98 Å². The van der Waals surface area contributed by atoms with Gasteiger partial charge < -0.3 is 9.72 Å². The Balaban J connectivity index is 0.000000162. The maximum atomic E-state index is 9.03. The van der Waals surface area contributed by atoms with Crippen LogP contribution < -0.4 is 4.74 Å². The second-order valence-electron chi connectivity index (χ2n) is 8.16. The Morgan fingerprint density at radius 3 is 2.15 bits per heavy atom. The Morgan fingerprint density at radius 1 is 0.800 bits per heavy atom. The van der Waals surface area contributed by atoms with E-state index in [0.717, 1.165) is 5.56 Å². The lowest BCUT2D eigenvalue weighted by molar-refractivity contribution is 0.414. The van der Waals surface area contributed by atoms with Gasteiger partial charge in [0.25, 0.3) is 0 Å². The predicted octanol–water partition coefficient (Wildman–Crippen LogP) is 2.84. The number of benzene rings is 2. The number of nitrogens with zero attached hydrogens (tertiary/aromatic N) is 12. The highest BCUT2D eigenvalue weighted by Crippen LogP contribution is 2.19. The molecule has 40 heavy (non-hydrogen) atoms. The summed E-state index contributed by atoms with van der Waals surface area (Å²) in [6.45, 7) is 1.91. The Morgan fingerprint density at radius 2 is 1.50 bits per heavy atom. The zero-order valence-electron chi connectivity index (χ0n) is 21.2. The van der Waals surface area contributed by atoms with Gasteiger partial charge in [0, 0.05) is 24.7 Å². The fraction of sp³-hybridized carbons (Fsp3) is 0.0769. The van der Waals surface area contributed by atoms with Crippen molar-refractivity contribution in [3.63, 3.8) is 0 Å². The fourth-order valence-electron chi connectivity index (χ4n) is 3.55. The first-order valence-electron chi connectivity index (χ1n) is 11.7. The van der Waals surface area contributed by atoms with Crippen molar-refractivity contribution >= 4 is 0 Å². The predicted molar refractivity (Wildman–Crippen MR) is 140 cm³/mol. The van der Waals surface area contributed by atoms with Crippen LogP contribution in [-0.4, -0.2) is 62.5 Å². The molecule has 0 aliphatic heterocycles. The number of nitriles is 2. The van der Waals surface area contributed by atoms with Gasteiger partial charge in [-0.15, -0.1) is 30.0 Å². The third kappa shape index (κ3) is 5.66. The molecule has 0 radical (unpaired) electrons. The average Bonchev–Trinajstić information content (AvgIpc) is 3.79. The van der Waals surface area contributed by atoms with Gasteiger partial charge in [-0.05, 0) is 65.4 Å². The van der Waals surface area contributed by atoms with E-state index in [4.69, 9.17) is 15.3 Å². The molecule has 14 heteroatoms. The van der Waals surface area contributed by atoms with Crippen LogP contribution in [0.5, 0.6) is 5.75 Å². The zero-order valence-corrected chi connectivity index (χ0v) is 21.2. The molecule has 4 heterocycles. The Hall–Kier alpha value is -6.28. The second kappa shape index (κ2) is 11.4. The van der Waals surface area contributed by atoms with Crippen molar-refractivity contribution in [3.05, 3.63) is 89.9 Å². The van der Waals surface area contributed by atoms with E-state index in [1.807, 2.05) is 25.1 Å². The van der Waals surface area contributed by atoms with Crippen molar-refractivity contribution in [1.82, 2.24) is 55.4 Å². The topological polar surface area (TPSA) is 186 Å². The van der Waals surface area contributed by atoms with Crippen molar-refractivity contribution in [2.45, 2.75) is 6.92 Å². The van der Waals surface area contributed by atoms with Gasteiger partial charge in [0.1, 0.15) is 11.4 Å². The van der Waals surface area contributed by atoms with Crippen LogP contribution in [-0.2, 0) is 0 Å². The number of aromatic nitrogens is 11. The summed E-state index contributed by atoms with van der Waals surface area (Å²) in [5, 5.41) is 42.3. The van der Waals surface area contributed by atoms with E-state index in [0.29, 0.717) is 51.4 Å². The van der Waals surface area contributed by atoms with Crippen LogP contribution in [0.1, 0.15) is 16.7 Å². The van der Waals surface area contributed by atoms with Crippen LogP contribution in [0.4, 0.5) is 0 Å². The first-order chi connectivity index (χ1) is 19.6. The van der Waals surface area contributed by atoms with E-state index >= 15 is 0 Å². The number of hydrogen-bond donors (Lipinski definition) is 1. The van der Waals surface area contributed by atoms with Crippen molar-refractivity contribution < 1.29 is 4.74 Å². The van der Waals surface area contributed by atoms with Crippen molar-refractivity contribution in [3.8, 4) is 52.4 Å². The maximum absolute atomic E-state index is 9.03. The largest absolute Gasteiger partial charge is 0.497 e. The van der Waals surface area contributed by atoms with Gasteiger partial charge in [-0.1, -0.05) is 6.07 Å². The molecule has 0 spiro atoms. The first kappa shape index (κ1) is 25.4. The van der Waals surface area contributed by atoms with Crippen molar-refractivity contribution in [2.24, 2.45) is 0 Å². The molecule has 4 aromatic heterocycles. The molecule has 0 aliphatic rings. The molecule has 6 aromatic rings. The molecule has 0 amide bonds. The molecule has 0 saturated heterocycles. The molecule has 194 valence electrons. The molecule has 1 N–H and O–H groups in total. The number of pyridine rings is 1. The first-order valence-corrected chi connectivity index (χ1v) is 11.7. The molecule has 0 atom stereocenters. The van der Waals surface area contributed by atoms with Gasteiger partial charge in [0.15, 0.2) is 5.82 Å². The number of methoxy groups -OCH3 is 1. The van der Waals surface area contributed by atoms with Gasteiger partial charge in [0.05, 0.1) is 41.7 Å². The normalized spacial score (nSPS) is 10.2. The van der Waals surface area contributed by atoms with Crippen LogP contribution in [0, 0.1) is 29.6 Å². The Bertz CT molecular complexity index is 1830. The highest BCUT2D eigenvalue weighted by atomic mass is 16.5. The number of tetrazole rings is 2. The summed E-state index contributed by atoms with van der Waals surface area (Å²) in [6.07, 6.45) is 4.97. The van der Waals surface area contributed by atoms with Crippen LogP contribution >= 0.6 is 0 Å². The third-order valence-corrected chi connectivity index (χ3v) is 5.34. The van der Waals surface area contributed by atoms with E-state index in [2.05, 4.69) is 57.9 Å². The van der Waals surface area contributed by atoms with Crippen LogP contribution in [0.25, 0.3) is 34.5 Å². The lowest BCUT2D eigenvalue weighted by Gasteiger charge is -2.03. The number of imidazole rings is 1. The highest BCUT2D eigenvalue weighted by molar-refractivity contribution is 5.50. The number of rotatable bonds is 5. The lowest BCUT2D eigenvalue weighted by atomic mass is 10.1. The highest BCUT2D eigenvalue weighted by Gasteiger charge is 2.11. The maximum Gasteiger partial charge on any atom is 0.240 e. The van der Waals surface area contributed by atoms with E-state index < -0.39 is 0 Å². The molecule has 0 aliphatic carbocycles. The minimum Gasteiger partial charge on any atom is -0.497 e. The molecular formula is C26H19N13O. The van der Waals surface area contributed by atoms with Gasteiger partial charge >= 0.3 is 0 Å². The molecule has 0 bridgehead atoms. The van der Waals surface area contributed by atoms with Crippen LogP contribution in [0.2, 0.25) is 0 Å². The second-order valence-corrected chi connectivity index (χ2v) is 8.16. The monoisotopic (exact) mass is 529 g/mol. The summed E-state index contributed by atoms with van der Waals surface area (Å²) >= 11 is 0. The molecule has 14 nitrogen and oxygen atoms in total. The number of H-pyrrole nitrogens is 1. The zero-order chi connectivity index (χ0) is 27.9. The van der Waals surface area contributed by atoms with E-state index in [1.54, 1.807) is 55.0 Å². The SMILES string of the molecule is COc1cc(C#N)cc(-n2nnc(-c3ccccn3)n2)c1.Cc1cc(C#N)cc(-n2nnc(-c3ncc[nH]3)n2)c1. The Kier molecular flexibility index (Phi) is 7.24. The quantitative estimate of drug-likeness (QED) is 0.346. The van der Waals surface area contributed by atoms with Crippen molar-refractivity contribution in [2.75, 3.05) is 7.11 Å². The number of ether oxygens (including phenoxy) is 1. The lowest BCUT2D eigenvalue weighted by Crippen LogP contribution is -2.00. The molecule has 6 rings (SSSR count). The Labute approximate surface area is 227 Å². The molecule has 2 aromatic carbocycles. The summed E-state index contributed by atoms with van der Waals surface area (Å²) < 4.78 is 5.16. The summed E-state index contributed by atoms with van der Waals surface area (Å²) in [4.78, 5) is 13.9. The van der Waals surface area contributed by atoms with Crippen molar-refractivity contribution in [1.29, 1.82) is 10.5 Å². The number of hydrogen-bond acceptors (Lipinski definition) is 11. The summed E-state index contributed by atoms with van der Waals surface area (Å²) in [6, 6.07) is 20.1. The van der Waals surface area contributed by atoms with E-state index in [1.165, 1.54) is 16.7 Å². The molecule has 0 saturated carbocycles.